The van der Waals surface area contributed by atoms with Gasteiger partial charge in [0.25, 0.3) is 0 Å². The summed E-state index contributed by atoms with van der Waals surface area (Å²) in [6, 6.07) is 13.1. The number of fused-ring (bicyclic) bond motifs is 1. The molecule has 0 bridgehead atoms. The summed E-state index contributed by atoms with van der Waals surface area (Å²) in [4.78, 5) is 29.1. The number of nitrogens with zero attached hydrogens (tertiary/aromatic N) is 1. The van der Waals surface area contributed by atoms with Crippen LogP contribution in [0.15, 0.2) is 59.6 Å². The number of carbonyl (C=O) groups excluding carboxylic acids is 2. The van der Waals surface area contributed by atoms with Crippen LogP contribution in [-0.2, 0) is 19.6 Å². The van der Waals surface area contributed by atoms with E-state index in [1.807, 2.05) is 12.1 Å². The van der Waals surface area contributed by atoms with Crippen LogP contribution in [0.3, 0.4) is 0 Å². The summed E-state index contributed by atoms with van der Waals surface area (Å²) < 4.78 is 27.9. The number of benzene rings is 2. The van der Waals surface area contributed by atoms with Crippen molar-refractivity contribution in [2.24, 2.45) is 0 Å². The molecule has 1 atom stereocenters. The minimum atomic E-state index is -3.87. The highest BCUT2D eigenvalue weighted by Crippen LogP contribution is 2.33. The first-order valence-electron chi connectivity index (χ1n) is 11.0. The van der Waals surface area contributed by atoms with Crippen molar-refractivity contribution < 1.29 is 18.0 Å². The average Bonchev–Trinajstić information content (AvgIpc) is 3.22. The molecule has 0 spiro atoms. The second-order valence-corrected chi connectivity index (χ2v) is 10.2. The largest absolute Gasteiger partial charge is 0.361 e. The van der Waals surface area contributed by atoms with Crippen LogP contribution in [0.4, 0.5) is 5.69 Å². The zero-order valence-corrected chi connectivity index (χ0v) is 19.5. The Morgan fingerprint density at radius 2 is 1.73 bits per heavy atom. The van der Waals surface area contributed by atoms with E-state index in [2.05, 4.69) is 33.4 Å². The van der Waals surface area contributed by atoms with Crippen molar-refractivity contribution in [1.29, 1.82) is 0 Å². The number of aromatic nitrogens is 1. The number of anilines is 1. The van der Waals surface area contributed by atoms with E-state index in [4.69, 9.17) is 0 Å². The van der Waals surface area contributed by atoms with Gasteiger partial charge in [0.1, 0.15) is 0 Å². The predicted octanol–water partition coefficient (Wildman–Crippen LogP) is 3.20. The SMILES string of the molecule is CC(=O)Nc1ccc(S(=O)(=O)N[C@H](C)C(=O)N2CCC(c3c[nH]c4ccccc34)CC2)cc1. The number of sulfonamides is 1. The Labute approximate surface area is 193 Å². The molecule has 0 radical (unpaired) electrons. The van der Waals surface area contributed by atoms with E-state index in [9.17, 15) is 18.0 Å². The van der Waals surface area contributed by atoms with Crippen molar-refractivity contribution in [3.63, 3.8) is 0 Å². The van der Waals surface area contributed by atoms with Crippen LogP contribution in [0.2, 0.25) is 0 Å². The van der Waals surface area contributed by atoms with Crippen LogP contribution in [0, 0.1) is 0 Å². The molecular weight excluding hydrogens is 440 g/mol. The van der Waals surface area contributed by atoms with Crippen molar-refractivity contribution in [3.05, 3.63) is 60.3 Å². The molecule has 4 rings (SSSR count). The molecule has 174 valence electrons. The van der Waals surface area contributed by atoms with Crippen molar-refractivity contribution in [1.82, 2.24) is 14.6 Å². The highest BCUT2D eigenvalue weighted by molar-refractivity contribution is 7.89. The van der Waals surface area contributed by atoms with Gasteiger partial charge in [-0.05, 0) is 61.6 Å². The molecule has 2 heterocycles. The molecule has 3 aromatic rings. The van der Waals surface area contributed by atoms with Crippen LogP contribution in [0.1, 0.15) is 38.2 Å². The zero-order chi connectivity index (χ0) is 23.6. The lowest BCUT2D eigenvalue weighted by molar-refractivity contribution is -0.133. The number of nitrogens with one attached hydrogen (secondary N) is 3. The predicted molar refractivity (Wildman–Crippen MR) is 127 cm³/mol. The molecule has 1 aliphatic rings. The van der Waals surface area contributed by atoms with Gasteiger partial charge in [0.15, 0.2) is 0 Å². The van der Waals surface area contributed by atoms with E-state index < -0.39 is 16.1 Å². The minimum absolute atomic E-state index is 0.0364. The molecule has 1 aliphatic heterocycles. The topological polar surface area (TPSA) is 111 Å². The fraction of sp³-hybridized carbons (Fsp3) is 0.333. The zero-order valence-electron chi connectivity index (χ0n) is 18.7. The highest BCUT2D eigenvalue weighted by Gasteiger charge is 2.30. The second kappa shape index (κ2) is 9.36. The third-order valence-electron chi connectivity index (χ3n) is 6.06. The third-order valence-corrected chi connectivity index (χ3v) is 7.61. The number of rotatable bonds is 6. The molecular formula is C24H28N4O4S. The van der Waals surface area contributed by atoms with E-state index in [0.29, 0.717) is 24.7 Å². The molecule has 8 nitrogen and oxygen atoms in total. The molecule has 9 heteroatoms. The summed E-state index contributed by atoms with van der Waals surface area (Å²) in [5.41, 5.74) is 2.89. The number of amides is 2. The summed E-state index contributed by atoms with van der Waals surface area (Å²) in [6.45, 7) is 4.11. The van der Waals surface area contributed by atoms with Gasteiger partial charge in [0.2, 0.25) is 21.8 Å². The van der Waals surface area contributed by atoms with Crippen LogP contribution in [0.25, 0.3) is 10.9 Å². The monoisotopic (exact) mass is 468 g/mol. The van der Waals surface area contributed by atoms with Crippen LogP contribution in [0.5, 0.6) is 0 Å². The number of hydrogen-bond donors (Lipinski definition) is 3. The van der Waals surface area contributed by atoms with Gasteiger partial charge >= 0.3 is 0 Å². The summed E-state index contributed by atoms with van der Waals surface area (Å²) in [6.07, 6.45) is 3.72. The van der Waals surface area contributed by atoms with E-state index >= 15 is 0 Å². The van der Waals surface area contributed by atoms with Gasteiger partial charge in [-0.3, -0.25) is 9.59 Å². The van der Waals surface area contributed by atoms with Gasteiger partial charge in [-0.2, -0.15) is 4.72 Å². The first-order chi connectivity index (χ1) is 15.7. The van der Waals surface area contributed by atoms with Gasteiger partial charge in [-0.1, -0.05) is 18.2 Å². The molecule has 1 aromatic heterocycles. The number of H-pyrrole nitrogens is 1. The molecule has 2 aromatic carbocycles. The standard InChI is InChI=1S/C24H28N4O4S/c1-16(27-33(31,32)20-9-7-19(8-10-20)26-17(2)29)24(30)28-13-11-18(12-14-28)22-15-25-23-6-4-3-5-21(22)23/h3-10,15-16,18,25,27H,11-14H2,1-2H3,(H,26,29)/t16-/m1/s1. The van der Waals surface area contributed by atoms with Crippen molar-refractivity contribution in [2.75, 3.05) is 18.4 Å². The Kier molecular flexibility index (Phi) is 6.53. The molecule has 1 fully saturated rings. The van der Waals surface area contributed by atoms with Gasteiger partial charge in [-0.25, -0.2) is 8.42 Å². The number of hydrogen-bond acceptors (Lipinski definition) is 4. The Hall–Kier alpha value is -3.17. The summed E-state index contributed by atoms with van der Waals surface area (Å²) in [5, 5.41) is 3.81. The number of likely N-dealkylation sites (tertiary alicyclic amines) is 1. The lowest BCUT2D eigenvalue weighted by Crippen LogP contribution is -2.49. The molecule has 33 heavy (non-hydrogen) atoms. The second-order valence-electron chi connectivity index (χ2n) is 8.44. The van der Waals surface area contributed by atoms with Crippen LogP contribution >= 0.6 is 0 Å². The Bertz CT molecular complexity index is 1260. The third kappa shape index (κ3) is 5.09. The number of carbonyl (C=O) groups is 2. The van der Waals surface area contributed by atoms with Gasteiger partial charge < -0.3 is 15.2 Å². The summed E-state index contributed by atoms with van der Waals surface area (Å²) in [7, 11) is -3.87. The molecule has 1 saturated heterocycles. The van der Waals surface area contributed by atoms with E-state index in [1.54, 1.807) is 11.8 Å². The normalized spacial score (nSPS) is 16.0. The fourth-order valence-corrected chi connectivity index (χ4v) is 5.59. The maximum absolute atomic E-state index is 12.9. The van der Waals surface area contributed by atoms with Crippen molar-refractivity contribution >= 4 is 38.4 Å². The molecule has 0 saturated carbocycles. The van der Waals surface area contributed by atoms with Gasteiger partial charge in [0.05, 0.1) is 10.9 Å². The van der Waals surface area contributed by atoms with Crippen LogP contribution in [-0.4, -0.2) is 49.2 Å². The van der Waals surface area contributed by atoms with Crippen LogP contribution < -0.4 is 10.0 Å². The molecule has 2 amide bonds. The molecule has 0 unspecified atom stereocenters. The first-order valence-corrected chi connectivity index (χ1v) is 12.5. The number of para-hydroxylation sites is 1. The average molecular weight is 469 g/mol. The number of aromatic amines is 1. The lowest BCUT2D eigenvalue weighted by Gasteiger charge is -2.33. The quantitative estimate of drug-likeness (QED) is 0.516. The summed E-state index contributed by atoms with van der Waals surface area (Å²) >= 11 is 0. The first kappa shape index (κ1) is 23.0. The maximum Gasteiger partial charge on any atom is 0.241 e. The maximum atomic E-state index is 12.9. The summed E-state index contributed by atoms with van der Waals surface area (Å²) in [5.74, 6) is -0.110. The number of piperidine rings is 1. The Morgan fingerprint density at radius 3 is 2.39 bits per heavy atom. The molecule has 3 N–H and O–H groups in total. The molecule has 0 aliphatic carbocycles. The fourth-order valence-electron chi connectivity index (χ4n) is 4.39. The van der Waals surface area contributed by atoms with E-state index in [0.717, 1.165) is 18.4 Å². The van der Waals surface area contributed by atoms with Gasteiger partial charge in [0, 0.05) is 42.8 Å². The van der Waals surface area contributed by atoms with E-state index in [1.165, 1.54) is 42.1 Å². The Balaban J connectivity index is 1.36. The van der Waals surface area contributed by atoms with Crippen molar-refractivity contribution in [2.45, 2.75) is 43.5 Å². The minimum Gasteiger partial charge on any atom is -0.361 e. The highest BCUT2D eigenvalue weighted by atomic mass is 32.2. The van der Waals surface area contributed by atoms with Gasteiger partial charge in [-0.15, -0.1) is 0 Å². The van der Waals surface area contributed by atoms with Crippen molar-refractivity contribution in [3.8, 4) is 0 Å². The smallest absolute Gasteiger partial charge is 0.241 e. The van der Waals surface area contributed by atoms with E-state index in [-0.39, 0.29) is 16.7 Å². The Morgan fingerprint density at radius 1 is 1.06 bits per heavy atom. The lowest BCUT2D eigenvalue weighted by atomic mass is 9.89.